The topological polar surface area (TPSA) is 113 Å². The Kier molecular flexibility index (Phi) is 5.41. The molecule has 0 unspecified atom stereocenters. The van der Waals surface area contributed by atoms with Crippen molar-refractivity contribution >= 4 is 35.0 Å². The predicted molar refractivity (Wildman–Crippen MR) is 98.5 cm³/mol. The average molecular weight is 389 g/mol. The first-order chi connectivity index (χ1) is 12.9. The molecular formula is C17H14ClFN6O2. The maximum absolute atomic E-state index is 13.3. The van der Waals surface area contributed by atoms with Crippen LogP contribution >= 0.6 is 11.6 Å². The lowest BCUT2D eigenvalue weighted by Crippen LogP contribution is -2.26. The molecular weight excluding hydrogens is 375 g/mol. The summed E-state index contributed by atoms with van der Waals surface area (Å²) in [6, 6.07) is 3.20. The molecule has 0 aliphatic carbocycles. The number of nitrogens with one attached hydrogen (secondary N) is 2. The van der Waals surface area contributed by atoms with Crippen molar-refractivity contribution in [3.05, 3.63) is 54.0 Å². The molecule has 27 heavy (non-hydrogen) atoms. The molecule has 0 saturated heterocycles. The Bertz CT molecular complexity index is 973. The highest BCUT2D eigenvalue weighted by atomic mass is 35.5. The largest absolute Gasteiger partial charge is 0.480 e. The number of rotatable bonds is 6. The van der Waals surface area contributed by atoms with E-state index in [1.165, 1.54) is 37.6 Å². The molecule has 138 valence electrons. The molecule has 2 heterocycles. The standard InChI is InChI=1S/C17H14ClFN6O2/c1-9(16(26)27)23-15-12(10-5-20-8-21-6-10)7-22-17(25-15)24-11-2-3-14(19)13(18)4-11/h2-9H,1H3,(H,26,27)(H2,22,23,24,25)/t9-/m1/s1. The van der Waals surface area contributed by atoms with Gasteiger partial charge < -0.3 is 15.7 Å². The summed E-state index contributed by atoms with van der Waals surface area (Å²) < 4.78 is 13.3. The van der Waals surface area contributed by atoms with Crippen LogP contribution in [0.3, 0.4) is 0 Å². The third-order valence-electron chi connectivity index (χ3n) is 3.56. The third kappa shape index (κ3) is 4.45. The second-order valence-corrected chi connectivity index (χ2v) is 5.95. The van der Waals surface area contributed by atoms with Crippen LogP contribution in [0.4, 0.5) is 21.8 Å². The summed E-state index contributed by atoms with van der Waals surface area (Å²) >= 11 is 5.77. The van der Waals surface area contributed by atoms with Crippen molar-refractivity contribution in [3.63, 3.8) is 0 Å². The van der Waals surface area contributed by atoms with E-state index in [0.717, 1.165) is 0 Å². The number of anilines is 3. The number of carboxylic acid groups (broad SMARTS) is 1. The number of aromatic nitrogens is 4. The van der Waals surface area contributed by atoms with E-state index in [9.17, 15) is 9.18 Å². The van der Waals surface area contributed by atoms with Crippen LogP contribution in [-0.4, -0.2) is 37.1 Å². The Labute approximate surface area is 158 Å². The smallest absolute Gasteiger partial charge is 0.325 e. The van der Waals surface area contributed by atoms with Crippen molar-refractivity contribution in [3.8, 4) is 11.1 Å². The first-order valence-corrected chi connectivity index (χ1v) is 8.15. The Balaban J connectivity index is 1.96. The van der Waals surface area contributed by atoms with E-state index in [2.05, 4.69) is 30.6 Å². The molecule has 0 fully saturated rings. The van der Waals surface area contributed by atoms with Gasteiger partial charge in [-0.05, 0) is 25.1 Å². The molecule has 3 aromatic rings. The lowest BCUT2D eigenvalue weighted by molar-refractivity contribution is -0.137. The molecule has 2 aromatic heterocycles. The number of benzene rings is 1. The number of aliphatic carboxylic acids is 1. The molecule has 0 aliphatic rings. The van der Waals surface area contributed by atoms with Crippen LogP contribution in [0.2, 0.25) is 5.02 Å². The van der Waals surface area contributed by atoms with Crippen molar-refractivity contribution in [2.45, 2.75) is 13.0 Å². The maximum Gasteiger partial charge on any atom is 0.325 e. The van der Waals surface area contributed by atoms with E-state index < -0.39 is 17.8 Å². The SMILES string of the molecule is C[C@@H](Nc1nc(Nc2ccc(F)c(Cl)c2)ncc1-c1cncnc1)C(=O)O. The highest BCUT2D eigenvalue weighted by Crippen LogP contribution is 2.27. The fourth-order valence-corrected chi connectivity index (χ4v) is 2.35. The van der Waals surface area contributed by atoms with Gasteiger partial charge in [0.1, 0.15) is 24.0 Å². The van der Waals surface area contributed by atoms with Crippen molar-refractivity contribution < 1.29 is 14.3 Å². The average Bonchev–Trinajstić information content (AvgIpc) is 2.65. The fraction of sp³-hybridized carbons (Fsp3) is 0.118. The fourth-order valence-electron chi connectivity index (χ4n) is 2.17. The van der Waals surface area contributed by atoms with Gasteiger partial charge in [-0.2, -0.15) is 4.98 Å². The van der Waals surface area contributed by atoms with Crippen LogP contribution in [0.1, 0.15) is 6.92 Å². The minimum Gasteiger partial charge on any atom is -0.480 e. The molecule has 0 saturated carbocycles. The van der Waals surface area contributed by atoms with Crippen molar-refractivity contribution in [1.82, 2.24) is 19.9 Å². The van der Waals surface area contributed by atoms with Gasteiger partial charge in [0.25, 0.3) is 0 Å². The van der Waals surface area contributed by atoms with Crippen LogP contribution in [0.25, 0.3) is 11.1 Å². The van der Waals surface area contributed by atoms with Gasteiger partial charge >= 0.3 is 5.97 Å². The summed E-state index contributed by atoms with van der Waals surface area (Å²) in [5, 5.41) is 14.8. The molecule has 0 spiro atoms. The molecule has 0 aliphatic heterocycles. The highest BCUT2D eigenvalue weighted by molar-refractivity contribution is 6.31. The maximum atomic E-state index is 13.3. The number of hydrogen-bond acceptors (Lipinski definition) is 7. The zero-order chi connectivity index (χ0) is 19.4. The van der Waals surface area contributed by atoms with Crippen molar-refractivity contribution in [2.24, 2.45) is 0 Å². The Morgan fingerprint density at radius 3 is 2.67 bits per heavy atom. The normalized spacial score (nSPS) is 11.7. The summed E-state index contributed by atoms with van der Waals surface area (Å²) in [5.74, 6) is -1.12. The second kappa shape index (κ2) is 7.92. The van der Waals surface area contributed by atoms with Gasteiger partial charge in [-0.25, -0.2) is 19.3 Å². The summed E-state index contributed by atoms with van der Waals surface area (Å²) in [4.78, 5) is 27.6. The third-order valence-corrected chi connectivity index (χ3v) is 3.85. The van der Waals surface area contributed by atoms with E-state index in [0.29, 0.717) is 16.8 Å². The monoisotopic (exact) mass is 388 g/mol. The minimum atomic E-state index is -1.04. The highest BCUT2D eigenvalue weighted by Gasteiger charge is 2.16. The van der Waals surface area contributed by atoms with E-state index >= 15 is 0 Å². The lowest BCUT2D eigenvalue weighted by atomic mass is 10.1. The number of carbonyl (C=O) groups is 1. The molecule has 8 nitrogen and oxygen atoms in total. The van der Waals surface area contributed by atoms with Gasteiger partial charge in [-0.15, -0.1) is 0 Å². The second-order valence-electron chi connectivity index (χ2n) is 5.54. The zero-order valence-electron chi connectivity index (χ0n) is 14.0. The minimum absolute atomic E-state index is 0.0455. The molecule has 0 amide bonds. The summed E-state index contributed by atoms with van der Waals surface area (Å²) in [6.07, 6.45) is 6.02. The van der Waals surface area contributed by atoms with Gasteiger partial charge in [0.05, 0.1) is 5.02 Å². The molecule has 1 aromatic carbocycles. The first-order valence-electron chi connectivity index (χ1n) is 7.78. The van der Waals surface area contributed by atoms with E-state index in [1.807, 2.05) is 0 Å². The lowest BCUT2D eigenvalue weighted by Gasteiger charge is -2.15. The Morgan fingerprint density at radius 2 is 2.00 bits per heavy atom. The molecule has 1 atom stereocenters. The van der Waals surface area contributed by atoms with Crippen LogP contribution in [0.5, 0.6) is 0 Å². The van der Waals surface area contributed by atoms with Crippen LogP contribution < -0.4 is 10.6 Å². The van der Waals surface area contributed by atoms with Gasteiger partial charge in [-0.1, -0.05) is 11.6 Å². The van der Waals surface area contributed by atoms with Gasteiger partial charge in [-0.3, -0.25) is 4.79 Å². The number of carboxylic acids is 1. The van der Waals surface area contributed by atoms with E-state index in [1.54, 1.807) is 12.4 Å². The van der Waals surface area contributed by atoms with Crippen molar-refractivity contribution in [2.75, 3.05) is 10.6 Å². The number of nitrogens with zero attached hydrogens (tertiary/aromatic N) is 4. The Hall–Kier alpha value is -3.33. The molecule has 0 radical (unpaired) electrons. The van der Waals surface area contributed by atoms with Crippen LogP contribution in [-0.2, 0) is 4.79 Å². The number of hydrogen-bond donors (Lipinski definition) is 3. The van der Waals surface area contributed by atoms with Gasteiger partial charge in [0, 0.05) is 35.4 Å². The molecule has 0 bridgehead atoms. The molecule has 3 rings (SSSR count). The molecule has 3 N–H and O–H groups in total. The first kappa shape index (κ1) is 18.5. The van der Waals surface area contributed by atoms with Gasteiger partial charge in [0.15, 0.2) is 0 Å². The zero-order valence-corrected chi connectivity index (χ0v) is 14.8. The summed E-state index contributed by atoms with van der Waals surface area (Å²) in [6.45, 7) is 1.49. The van der Waals surface area contributed by atoms with Crippen molar-refractivity contribution in [1.29, 1.82) is 0 Å². The summed E-state index contributed by atoms with van der Waals surface area (Å²) in [7, 11) is 0. The quantitative estimate of drug-likeness (QED) is 0.589. The van der Waals surface area contributed by atoms with Crippen LogP contribution in [0.15, 0.2) is 43.1 Å². The molecule has 10 heteroatoms. The van der Waals surface area contributed by atoms with E-state index in [4.69, 9.17) is 16.7 Å². The number of halogens is 2. The van der Waals surface area contributed by atoms with Gasteiger partial charge in [0.2, 0.25) is 5.95 Å². The summed E-state index contributed by atoms with van der Waals surface area (Å²) in [5.41, 5.74) is 1.63. The van der Waals surface area contributed by atoms with E-state index in [-0.39, 0.29) is 16.8 Å². The predicted octanol–water partition coefficient (Wildman–Crippen LogP) is 3.35. The Morgan fingerprint density at radius 1 is 1.26 bits per heavy atom. The van der Waals surface area contributed by atoms with Crippen LogP contribution in [0, 0.1) is 5.82 Å².